The fourth-order valence-electron chi connectivity index (χ4n) is 1.70. The monoisotopic (exact) mass is 615 g/mol. The normalized spacial score (nSPS) is 16.9. The van der Waals surface area contributed by atoms with E-state index in [1.54, 1.807) is 0 Å². The minimum atomic E-state index is -9.10. The van der Waals surface area contributed by atoms with E-state index in [1.165, 1.54) is 0 Å². The van der Waals surface area contributed by atoms with Crippen LogP contribution in [0, 0.1) is 0 Å². The van der Waals surface area contributed by atoms with Gasteiger partial charge in [0.05, 0.1) is 0 Å². The maximum absolute atomic E-state index is 13.3. The lowest BCUT2D eigenvalue weighted by atomic mass is 9.97. The predicted molar refractivity (Wildman–Crippen MR) is 61.4 cm³/mol. The summed E-state index contributed by atoms with van der Waals surface area (Å²) in [5.74, 6) is -35.8. The third kappa shape index (κ3) is 4.38. The average Bonchev–Trinajstić information content (AvgIpc) is 2.55. The minimum Gasteiger partial charge on any atom is -0.743 e. The summed E-state index contributed by atoms with van der Waals surface area (Å²) in [5, 5.41) is -8.11. The number of rotatable bonds is 9. The second-order valence-corrected chi connectivity index (χ2v) is 7.48. The molecule has 218 valence electrons. The average molecular weight is 615 g/mol. The highest BCUT2D eigenvalue weighted by Crippen LogP contribution is 2.63. The van der Waals surface area contributed by atoms with Crippen LogP contribution in [-0.2, 0) is 14.9 Å². The Hall–Kier alpha value is -1.60. The Bertz CT molecular complexity index is 913. The van der Waals surface area contributed by atoms with Gasteiger partial charge in [-0.3, -0.25) is 0 Å². The molecule has 4 nitrogen and oxygen atoms in total. The van der Waals surface area contributed by atoms with Crippen LogP contribution in [0.5, 0.6) is 0 Å². The molecule has 0 saturated heterocycles. The molecule has 0 aliphatic rings. The highest BCUT2D eigenvalue weighted by atomic mass is 32.2. The molecular weight excluding hydrogens is 615 g/mol. The van der Waals surface area contributed by atoms with E-state index in [1.807, 2.05) is 0 Å². The van der Waals surface area contributed by atoms with Crippen molar-refractivity contribution in [3.8, 4) is 0 Å². The molecule has 0 spiro atoms. The number of halogens is 21. The van der Waals surface area contributed by atoms with Gasteiger partial charge in [-0.1, -0.05) is 0 Å². The van der Waals surface area contributed by atoms with Crippen molar-refractivity contribution in [3.63, 3.8) is 0 Å². The quantitative estimate of drug-likeness (QED) is 0.247. The van der Waals surface area contributed by atoms with Crippen molar-refractivity contribution in [2.24, 2.45) is 0 Å². The fraction of sp³-hybridized carbons (Fsp3) is 1.00. The van der Waals surface area contributed by atoms with Crippen LogP contribution in [0.3, 0.4) is 0 Å². The van der Waals surface area contributed by atoms with Gasteiger partial charge in [-0.15, -0.1) is 0 Å². The van der Waals surface area contributed by atoms with Crippen LogP contribution in [0.2, 0.25) is 0 Å². The molecule has 0 aromatic carbocycles. The Morgan fingerprint density at radius 3 is 0.972 bits per heavy atom. The van der Waals surface area contributed by atoms with E-state index >= 15 is 0 Å². The molecule has 0 N–H and O–H groups in total. The summed E-state index contributed by atoms with van der Waals surface area (Å²) in [6, 6.07) is 0. The third-order valence-corrected chi connectivity index (χ3v) is 4.55. The topological polar surface area (TPSA) is 66.4 Å². The number of hydrogen-bond donors (Lipinski definition) is 0. The highest BCUT2D eigenvalue weighted by molar-refractivity contribution is 7.86. The van der Waals surface area contributed by atoms with E-state index in [2.05, 4.69) is 0 Å². The van der Waals surface area contributed by atoms with Crippen molar-refractivity contribution >= 4 is 10.1 Å². The number of hydrogen-bond acceptors (Lipinski definition) is 4. The van der Waals surface area contributed by atoms with Gasteiger partial charge in [0, 0.05) is 0 Å². The van der Waals surface area contributed by atoms with Crippen molar-refractivity contribution in [2.45, 2.75) is 59.2 Å². The second-order valence-electron chi connectivity index (χ2n) is 6.06. The van der Waals surface area contributed by atoms with E-state index in [0.29, 0.717) is 0 Å². The molecule has 0 aliphatic heterocycles. The first kappa shape index (κ1) is 34.4. The first-order valence-electron chi connectivity index (χ1n) is 7.08. The molecule has 0 heterocycles. The maximum atomic E-state index is 13.3. The van der Waals surface area contributed by atoms with Gasteiger partial charge in [0.25, 0.3) is 0 Å². The summed E-state index contributed by atoms with van der Waals surface area (Å²) < 4.78 is 300. The molecule has 0 aromatic rings. The largest absolute Gasteiger partial charge is 0.743 e. The van der Waals surface area contributed by atoms with Gasteiger partial charge in [-0.05, 0) is 0 Å². The smallest absolute Gasteiger partial charge is 0.440 e. The van der Waals surface area contributed by atoms with Gasteiger partial charge in [0.15, 0.2) is 10.1 Å². The van der Waals surface area contributed by atoms with Crippen LogP contribution in [-0.4, -0.2) is 72.2 Å². The summed E-state index contributed by atoms with van der Waals surface area (Å²) in [6.07, 6.45) is -33.7. The molecule has 0 amide bonds. The standard InChI is InChI=1S/C10HF21O4S/c11-1(6(20,21)22,7(23,24)25)8(26,27)35-9(28,29)4(16,17)2(12,13)3(14,15)5(18,19)10(30,31)36(32,33)34/h(H,32,33,34)/p-1. The van der Waals surface area contributed by atoms with Crippen LogP contribution in [0.25, 0.3) is 0 Å². The lowest BCUT2D eigenvalue weighted by molar-refractivity contribution is -0.525. The van der Waals surface area contributed by atoms with Gasteiger partial charge in [0.2, 0.25) is 0 Å². The van der Waals surface area contributed by atoms with Crippen LogP contribution in [0.1, 0.15) is 0 Å². The molecule has 0 aliphatic carbocycles. The Morgan fingerprint density at radius 1 is 0.444 bits per heavy atom. The Balaban J connectivity index is 6.99. The zero-order valence-corrected chi connectivity index (χ0v) is 15.8. The van der Waals surface area contributed by atoms with Gasteiger partial charge in [-0.2, -0.15) is 87.8 Å². The van der Waals surface area contributed by atoms with Crippen molar-refractivity contribution in [1.29, 1.82) is 0 Å². The highest BCUT2D eigenvalue weighted by Gasteiger charge is 2.94. The first-order valence-corrected chi connectivity index (χ1v) is 8.49. The van der Waals surface area contributed by atoms with E-state index < -0.39 is 69.3 Å². The van der Waals surface area contributed by atoms with Gasteiger partial charge >= 0.3 is 59.2 Å². The molecule has 36 heavy (non-hydrogen) atoms. The summed E-state index contributed by atoms with van der Waals surface area (Å²) in [4.78, 5) is 0. The zero-order chi connectivity index (χ0) is 30.2. The predicted octanol–water partition coefficient (Wildman–Crippen LogP) is 5.70. The van der Waals surface area contributed by atoms with E-state index in [-0.39, 0.29) is 0 Å². The fourth-order valence-corrected chi connectivity index (χ4v) is 2.15. The van der Waals surface area contributed by atoms with E-state index in [9.17, 15) is 105 Å². The minimum absolute atomic E-state index is 0.798. The third-order valence-electron chi connectivity index (χ3n) is 3.67. The van der Waals surface area contributed by atoms with Gasteiger partial charge < -0.3 is 4.55 Å². The van der Waals surface area contributed by atoms with Crippen molar-refractivity contribution in [3.05, 3.63) is 0 Å². The van der Waals surface area contributed by atoms with Gasteiger partial charge in [0.1, 0.15) is 0 Å². The lowest BCUT2D eigenvalue weighted by Crippen LogP contribution is -2.73. The molecule has 0 aromatic heterocycles. The molecule has 0 radical (unpaired) electrons. The number of ether oxygens (including phenoxy) is 1. The molecule has 0 bridgehead atoms. The molecular formula is C10F21O4S-. The number of alkyl halides is 21. The Labute approximate surface area is 180 Å². The van der Waals surface area contributed by atoms with Crippen molar-refractivity contribution < 1.29 is 110 Å². The van der Waals surface area contributed by atoms with E-state index in [4.69, 9.17) is 0 Å². The Kier molecular flexibility index (Phi) is 7.83. The maximum Gasteiger partial charge on any atom is 0.440 e. The summed E-state index contributed by atoms with van der Waals surface area (Å²) >= 11 is 0. The van der Waals surface area contributed by atoms with Gasteiger partial charge in [-0.25, -0.2) is 17.5 Å². The zero-order valence-electron chi connectivity index (χ0n) is 15.0. The summed E-state index contributed by atoms with van der Waals surface area (Å²) in [5.41, 5.74) is -8.53. The Morgan fingerprint density at radius 2 is 0.722 bits per heavy atom. The summed E-state index contributed by atoms with van der Waals surface area (Å²) in [7, 11) is -8.30. The first-order chi connectivity index (χ1) is 15.0. The molecule has 0 saturated carbocycles. The molecule has 0 rings (SSSR count). The van der Waals surface area contributed by atoms with Crippen LogP contribution in [0.15, 0.2) is 0 Å². The van der Waals surface area contributed by atoms with Crippen LogP contribution in [0.4, 0.5) is 92.2 Å². The van der Waals surface area contributed by atoms with Crippen LogP contribution < -0.4 is 0 Å². The van der Waals surface area contributed by atoms with Crippen molar-refractivity contribution in [1.82, 2.24) is 0 Å². The molecule has 0 unspecified atom stereocenters. The van der Waals surface area contributed by atoms with E-state index in [0.717, 1.165) is 4.74 Å². The molecule has 0 atom stereocenters. The summed E-state index contributed by atoms with van der Waals surface area (Å²) in [6.45, 7) is 0. The molecule has 0 fully saturated rings. The lowest BCUT2D eigenvalue weighted by Gasteiger charge is -2.42. The molecule has 26 heteroatoms. The second kappa shape index (κ2) is 8.20. The SMILES string of the molecule is O=S(=O)([O-])C(F)(F)C(F)(F)C(F)(F)C(F)(F)C(F)(F)C(F)(F)OC(F)(F)C(F)(C(F)(F)F)C(F)(F)F. The van der Waals surface area contributed by atoms with Crippen molar-refractivity contribution in [2.75, 3.05) is 0 Å². The van der Waals surface area contributed by atoms with Crippen LogP contribution >= 0.6 is 0 Å².